The average molecular weight is 252 g/mol. The van der Waals surface area contributed by atoms with E-state index in [1.807, 2.05) is 0 Å². The summed E-state index contributed by atoms with van der Waals surface area (Å²) >= 11 is 0. The van der Waals surface area contributed by atoms with Crippen LogP contribution in [0.5, 0.6) is 5.75 Å². The summed E-state index contributed by atoms with van der Waals surface area (Å²) in [7, 11) is 5.65. The molecule has 0 spiro atoms. The van der Waals surface area contributed by atoms with E-state index in [1.165, 1.54) is 6.07 Å². The fraction of sp³-hybridized carbons (Fsp3) is 0.133. The van der Waals surface area contributed by atoms with Crippen LogP contribution in [0.4, 0.5) is 4.39 Å². The third-order valence-electron chi connectivity index (χ3n) is 3.20. The summed E-state index contributed by atoms with van der Waals surface area (Å²) in [5.41, 5.74) is 1.38. The lowest BCUT2D eigenvalue weighted by atomic mass is 9.89. The first-order valence-electron chi connectivity index (χ1n) is 5.99. The lowest BCUT2D eigenvalue weighted by Gasteiger charge is -2.26. The molecule has 0 fully saturated rings. The van der Waals surface area contributed by atoms with Gasteiger partial charge < -0.3 is 4.74 Å². The van der Waals surface area contributed by atoms with Crippen molar-refractivity contribution in [2.75, 3.05) is 0 Å². The number of benzene rings is 2. The van der Waals surface area contributed by atoms with E-state index in [4.69, 9.17) is 12.6 Å². The van der Waals surface area contributed by atoms with Gasteiger partial charge in [0.05, 0.1) is 12.0 Å². The Labute approximate surface area is 111 Å². The first-order valence-corrected chi connectivity index (χ1v) is 5.99. The molecule has 1 unspecified atom stereocenters. The third kappa shape index (κ3) is 2.14. The highest BCUT2D eigenvalue weighted by Crippen LogP contribution is 2.34. The number of hydrogen-bond acceptors (Lipinski definition) is 2. The van der Waals surface area contributed by atoms with Gasteiger partial charge >= 0.3 is 0 Å². The minimum atomic E-state index is -0.579. The zero-order valence-corrected chi connectivity index (χ0v) is 10.1. The molecule has 92 valence electrons. The Morgan fingerprint density at radius 2 is 2.00 bits per heavy atom. The normalized spacial score (nSPS) is 17.7. The largest absolute Gasteiger partial charge is 0.484 e. The van der Waals surface area contributed by atoms with Crippen molar-refractivity contribution >= 4 is 19.1 Å². The minimum absolute atomic E-state index is 0.0817. The van der Waals surface area contributed by atoms with Crippen molar-refractivity contribution in [2.24, 2.45) is 0 Å². The van der Waals surface area contributed by atoms with Crippen molar-refractivity contribution in [3.63, 3.8) is 0 Å². The van der Waals surface area contributed by atoms with E-state index in [1.54, 1.807) is 36.4 Å². The summed E-state index contributed by atoms with van der Waals surface area (Å²) in [6, 6.07) is 11.2. The lowest BCUT2D eigenvalue weighted by Crippen LogP contribution is -2.22. The van der Waals surface area contributed by atoms with E-state index in [0.717, 1.165) is 0 Å². The van der Waals surface area contributed by atoms with Crippen LogP contribution in [-0.2, 0) is 0 Å². The molecule has 19 heavy (non-hydrogen) atoms. The summed E-state index contributed by atoms with van der Waals surface area (Å²) in [4.78, 5) is 12.1. The van der Waals surface area contributed by atoms with Crippen molar-refractivity contribution in [3.05, 3.63) is 59.4 Å². The highest BCUT2D eigenvalue weighted by Gasteiger charge is 2.29. The molecular formula is C15H10BFO2. The van der Waals surface area contributed by atoms with Crippen LogP contribution in [0.3, 0.4) is 0 Å². The smallest absolute Gasteiger partial charge is 0.170 e. The molecule has 1 atom stereocenters. The second-order valence-electron chi connectivity index (χ2n) is 4.51. The van der Waals surface area contributed by atoms with E-state index in [0.29, 0.717) is 22.3 Å². The van der Waals surface area contributed by atoms with Gasteiger partial charge in [0.25, 0.3) is 0 Å². The molecule has 3 rings (SSSR count). The van der Waals surface area contributed by atoms with Gasteiger partial charge in [-0.1, -0.05) is 35.8 Å². The SMILES string of the molecule is [B]c1ccc2c(c1)C(=O)CC(c1ccccc1F)O2. The van der Waals surface area contributed by atoms with Crippen LogP contribution in [0.1, 0.15) is 28.4 Å². The predicted octanol–water partition coefficient (Wildman–Crippen LogP) is 2.33. The summed E-state index contributed by atoms with van der Waals surface area (Å²) in [6.07, 6.45) is -0.456. The number of Topliss-reactive ketones (excluding diaryl/α,β-unsaturated/α-hetero) is 1. The number of halogens is 1. The maximum absolute atomic E-state index is 13.7. The van der Waals surface area contributed by atoms with Crippen LogP contribution in [0.2, 0.25) is 0 Å². The summed E-state index contributed by atoms with van der Waals surface area (Å²) in [5, 5.41) is 0. The van der Waals surface area contributed by atoms with E-state index in [-0.39, 0.29) is 18.0 Å². The number of carbonyl (C=O) groups excluding carboxylic acids is 1. The second-order valence-corrected chi connectivity index (χ2v) is 4.51. The predicted molar refractivity (Wildman–Crippen MR) is 70.5 cm³/mol. The fourth-order valence-corrected chi connectivity index (χ4v) is 2.25. The van der Waals surface area contributed by atoms with Crippen molar-refractivity contribution < 1.29 is 13.9 Å². The molecule has 2 aromatic carbocycles. The van der Waals surface area contributed by atoms with E-state index in [9.17, 15) is 9.18 Å². The molecule has 0 saturated carbocycles. The van der Waals surface area contributed by atoms with Crippen LogP contribution in [0.25, 0.3) is 0 Å². The van der Waals surface area contributed by atoms with Gasteiger partial charge in [0.1, 0.15) is 25.5 Å². The maximum Gasteiger partial charge on any atom is 0.170 e. The molecule has 0 saturated heterocycles. The van der Waals surface area contributed by atoms with E-state index >= 15 is 0 Å². The molecule has 0 aliphatic carbocycles. The molecule has 2 radical (unpaired) electrons. The quantitative estimate of drug-likeness (QED) is 0.728. The number of hydrogen-bond donors (Lipinski definition) is 0. The van der Waals surface area contributed by atoms with E-state index < -0.39 is 6.10 Å². The molecule has 4 heteroatoms. The van der Waals surface area contributed by atoms with Gasteiger partial charge in [-0.3, -0.25) is 4.79 Å². The highest BCUT2D eigenvalue weighted by atomic mass is 19.1. The molecule has 0 amide bonds. The molecule has 0 aromatic heterocycles. The van der Waals surface area contributed by atoms with Gasteiger partial charge in [0.15, 0.2) is 5.78 Å². The Bertz CT molecular complexity index is 654. The molecule has 1 heterocycles. The van der Waals surface area contributed by atoms with Crippen molar-refractivity contribution in [1.82, 2.24) is 0 Å². The van der Waals surface area contributed by atoms with Gasteiger partial charge in [-0.25, -0.2) is 4.39 Å². The maximum atomic E-state index is 13.7. The molecule has 1 aliphatic rings. The van der Waals surface area contributed by atoms with E-state index in [2.05, 4.69) is 0 Å². The number of ether oxygens (including phenoxy) is 1. The van der Waals surface area contributed by atoms with Crippen LogP contribution in [0.15, 0.2) is 42.5 Å². The number of ketones is 1. The Kier molecular flexibility index (Phi) is 2.86. The Hall–Kier alpha value is -2.10. The zero-order chi connectivity index (χ0) is 13.4. The van der Waals surface area contributed by atoms with Crippen molar-refractivity contribution in [1.29, 1.82) is 0 Å². The monoisotopic (exact) mass is 252 g/mol. The van der Waals surface area contributed by atoms with Crippen LogP contribution >= 0.6 is 0 Å². The first kappa shape index (κ1) is 12.0. The molecule has 2 aromatic rings. The molecule has 0 N–H and O–H groups in total. The molecular weight excluding hydrogens is 242 g/mol. The standard InChI is InChI=1S/C15H10BFO2/c16-9-5-6-14-11(7-9)13(18)8-15(19-14)10-3-1-2-4-12(10)17/h1-7,15H,8H2. The highest BCUT2D eigenvalue weighted by molar-refractivity contribution is 6.32. The topological polar surface area (TPSA) is 26.3 Å². The molecule has 0 bridgehead atoms. The third-order valence-corrected chi connectivity index (χ3v) is 3.20. The van der Waals surface area contributed by atoms with Crippen molar-refractivity contribution in [3.8, 4) is 5.75 Å². The molecule has 2 nitrogen and oxygen atoms in total. The van der Waals surface area contributed by atoms with Crippen LogP contribution in [0, 0.1) is 5.82 Å². The summed E-state index contributed by atoms with van der Waals surface area (Å²) < 4.78 is 19.4. The number of fused-ring (bicyclic) bond motifs is 1. The minimum Gasteiger partial charge on any atom is -0.484 e. The van der Waals surface area contributed by atoms with Crippen LogP contribution < -0.4 is 10.2 Å². The van der Waals surface area contributed by atoms with Crippen molar-refractivity contribution in [2.45, 2.75) is 12.5 Å². The fourth-order valence-electron chi connectivity index (χ4n) is 2.25. The lowest BCUT2D eigenvalue weighted by molar-refractivity contribution is 0.0846. The molecule has 1 aliphatic heterocycles. The first-order chi connectivity index (χ1) is 9.15. The average Bonchev–Trinajstić information content (AvgIpc) is 2.40. The van der Waals surface area contributed by atoms with Gasteiger partial charge in [0.2, 0.25) is 0 Å². The zero-order valence-electron chi connectivity index (χ0n) is 10.1. The van der Waals surface area contributed by atoms with Gasteiger partial charge in [0, 0.05) is 5.56 Å². The Morgan fingerprint density at radius 1 is 1.21 bits per heavy atom. The van der Waals surface area contributed by atoms with Gasteiger partial charge in [-0.15, -0.1) is 0 Å². The Morgan fingerprint density at radius 3 is 2.79 bits per heavy atom. The van der Waals surface area contributed by atoms with Gasteiger partial charge in [-0.2, -0.15) is 0 Å². The number of carbonyl (C=O) groups is 1. The summed E-state index contributed by atoms with van der Waals surface area (Å²) in [6.45, 7) is 0. The van der Waals surface area contributed by atoms with Crippen LogP contribution in [-0.4, -0.2) is 13.6 Å². The second kappa shape index (κ2) is 4.54. The number of rotatable bonds is 1. The van der Waals surface area contributed by atoms with Gasteiger partial charge in [-0.05, 0) is 12.1 Å². The Balaban J connectivity index is 2.00. The summed E-state index contributed by atoms with van der Waals surface area (Å²) in [5.74, 6) is 0.0136.